The predicted molar refractivity (Wildman–Crippen MR) is 41.6 cm³/mol. The van der Waals surface area contributed by atoms with Crippen LogP contribution in [-0.4, -0.2) is 18.0 Å². The van der Waals surface area contributed by atoms with Crippen LogP contribution in [0.5, 0.6) is 0 Å². The Morgan fingerprint density at radius 3 is 2.40 bits per heavy atom. The van der Waals surface area contributed by atoms with Crippen molar-refractivity contribution < 1.29 is 4.79 Å². The number of hydrogen-bond donors (Lipinski definition) is 2. The van der Waals surface area contributed by atoms with Crippen molar-refractivity contribution in [1.82, 2.24) is 5.32 Å². The third kappa shape index (κ3) is 4.32. The van der Waals surface area contributed by atoms with Crippen molar-refractivity contribution in [3.05, 3.63) is 0 Å². The number of rotatable bonds is 3. The summed E-state index contributed by atoms with van der Waals surface area (Å²) in [4.78, 5) is 10.6. The summed E-state index contributed by atoms with van der Waals surface area (Å²) in [5.74, 6) is -0.00144. The first-order chi connectivity index (χ1) is 4.48. The van der Waals surface area contributed by atoms with Gasteiger partial charge in [0, 0.05) is 12.5 Å². The lowest BCUT2D eigenvalue weighted by molar-refractivity contribution is -0.120. The van der Waals surface area contributed by atoms with E-state index in [1.807, 2.05) is 13.8 Å². The lowest BCUT2D eigenvalue weighted by Gasteiger charge is -2.24. The van der Waals surface area contributed by atoms with Crippen LogP contribution in [0, 0.1) is 0 Å². The van der Waals surface area contributed by atoms with Gasteiger partial charge >= 0.3 is 0 Å². The van der Waals surface area contributed by atoms with Crippen LogP contribution in [-0.2, 0) is 4.79 Å². The third-order valence-electron chi connectivity index (χ3n) is 1.28. The van der Waals surface area contributed by atoms with Crippen molar-refractivity contribution in [1.29, 1.82) is 0 Å². The van der Waals surface area contributed by atoms with Crippen LogP contribution in [0.15, 0.2) is 0 Å². The summed E-state index contributed by atoms with van der Waals surface area (Å²) in [7, 11) is 0. The molecule has 0 saturated carbocycles. The number of nitrogens with two attached hydrogens (primary N) is 1. The fraction of sp³-hybridized carbons (Fsp3) is 0.857. The van der Waals surface area contributed by atoms with Crippen LogP contribution in [0.1, 0.15) is 27.2 Å². The molecule has 3 heteroatoms. The smallest absolute Gasteiger partial charge is 0.217 e. The van der Waals surface area contributed by atoms with Gasteiger partial charge in [-0.1, -0.05) is 0 Å². The molecule has 0 bridgehead atoms. The highest BCUT2D eigenvalue weighted by Gasteiger charge is 2.16. The number of carbonyl (C=O) groups excluding carboxylic acids is 1. The van der Waals surface area contributed by atoms with Crippen molar-refractivity contribution in [2.24, 2.45) is 5.73 Å². The molecule has 0 aromatic heterocycles. The molecule has 0 aliphatic heterocycles. The molecule has 0 unspecified atom stereocenters. The Morgan fingerprint density at radius 2 is 2.10 bits per heavy atom. The molecule has 3 nitrogen and oxygen atoms in total. The number of amides is 1. The Labute approximate surface area is 62.0 Å². The Morgan fingerprint density at radius 1 is 1.60 bits per heavy atom. The summed E-state index contributed by atoms with van der Waals surface area (Å²) in [5.41, 5.74) is 5.19. The lowest BCUT2D eigenvalue weighted by atomic mass is 10.0. The Hall–Kier alpha value is -0.570. The molecule has 0 heterocycles. The number of carbonyl (C=O) groups is 1. The van der Waals surface area contributed by atoms with E-state index in [2.05, 4.69) is 5.32 Å². The van der Waals surface area contributed by atoms with E-state index in [1.54, 1.807) is 0 Å². The molecular weight excluding hydrogens is 128 g/mol. The number of nitrogens with one attached hydrogen (secondary N) is 1. The van der Waals surface area contributed by atoms with Gasteiger partial charge in [0.25, 0.3) is 0 Å². The summed E-state index contributed by atoms with van der Waals surface area (Å²) in [6, 6.07) is 0. The van der Waals surface area contributed by atoms with Gasteiger partial charge in [0.05, 0.1) is 0 Å². The van der Waals surface area contributed by atoms with Crippen LogP contribution in [0.3, 0.4) is 0 Å². The van der Waals surface area contributed by atoms with E-state index in [1.165, 1.54) is 6.92 Å². The van der Waals surface area contributed by atoms with Crippen molar-refractivity contribution in [3.63, 3.8) is 0 Å². The highest BCUT2D eigenvalue weighted by Crippen LogP contribution is 2.05. The van der Waals surface area contributed by atoms with Crippen LogP contribution >= 0.6 is 0 Å². The SMILES string of the molecule is CC(=O)NC(C)(C)CCN. The zero-order valence-electron chi connectivity index (χ0n) is 6.90. The highest BCUT2D eigenvalue weighted by molar-refractivity contribution is 5.73. The molecule has 0 atom stereocenters. The average Bonchev–Trinajstić information content (AvgIpc) is 1.59. The molecule has 0 saturated heterocycles. The van der Waals surface area contributed by atoms with Gasteiger partial charge in [-0.15, -0.1) is 0 Å². The molecule has 60 valence electrons. The molecular formula is C7H16N2O. The highest BCUT2D eigenvalue weighted by atomic mass is 16.1. The molecule has 0 spiro atoms. The number of hydrogen-bond acceptors (Lipinski definition) is 2. The first-order valence-corrected chi connectivity index (χ1v) is 3.47. The van der Waals surface area contributed by atoms with E-state index in [-0.39, 0.29) is 11.4 Å². The molecule has 0 rings (SSSR count). The Kier molecular flexibility index (Phi) is 3.36. The first kappa shape index (κ1) is 9.43. The van der Waals surface area contributed by atoms with E-state index >= 15 is 0 Å². The topological polar surface area (TPSA) is 55.1 Å². The molecule has 0 fully saturated rings. The largest absolute Gasteiger partial charge is 0.351 e. The summed E-state index contributed by atoms with van der Waals surface area (Å²) in [5, 5.41) is 2.80. The zero-order valence-corrected chi connectivity index (χ0v) is 6.90. The normalized spacial score (nSPS) is 11.2. The van der Waals surface area contributed by atoms with Crippen LogP contribution < -0.4 is 11.1 Å². The van der Waals surface area contributed by atoms with Crippen LogP contribution in [0.4, 0.5) is 0 Å². The van der Waals surface area contributed by atoms with Gasteiger partial charge in [-0.3, -0.25) is 4.79 Å². The van der Waals surface area contributed by atoms with Crippen LogP contribution in [0.2, 0.25) is 0 Å². The maximum absolute atomic E-state index is 10.6. The van der Waals surface area contributed by atoms with Crippen LogP contribution in [0.25, 0.3) is 0 Å². The van der Waals surface area contributed by atoms with E-state index in [0.717, 1.165) is 6.42 Å². The molecule has 0 aliphatic rings. The predicted octanol–water partition coefficient (Wildman–Crippen LogP) is 0.250. The molecule has 0 radical (unpaired) electrons. The third-order valence-corrected chi connectivity index (χ3v) is 1.28. The second-order valence-electron chi connectivity index (χ2n) is 3.10. The minimum absolute atomic E-state index is 0.00144. The zero-order chi connectivity index (χ0) is 8.20. The van der Waals surface area contributed by atoms with E-state index in [4.69, 9.17) is 5.73 Å². The van der Waals surface area contributed by atoms with E-state index in [9.17, 15) is 4.79 Å². The quantitative estimate of drug-likeness (QED) is 0.596. The maximum atomic E-state index is 10.6. The minimum Gasteiger partial charge on any atom is -0.351 e. The minimum atomic E-state index is -0.152. The molecule has 0 aromatic carbocycles. The van der Waals surface area contributed by atoms with Crippen molar-refractivity contribution >= 4 is 5.91 Å². The van der Waals surface area contributed by atoms with Crippen molar-refractivity contribution in [2.45, 2.75) is 32.7 Å². The van der Waals surface area contributed by atoms with Gasteiger partial charge in [0.15, 0.2) is 0 Å². The molecule has 10 heavy (non-hydrogen) atoms. The fourth-order valence-corrected chi connectivity index (χ4v) is 0.900. The fourth-order valence-electron chi connectivity index (χ4n) is 0.900. The lowest BCUT2D eigenvalue weighted by Crippen LogP contribution is -2.43. The average molecular weight is 144 g/mol. The van der Waals surface area contributed by atoms with Gasteiger partial charge in [-0.25, -0.2) is 0 Å². The molecule has 0 aromatic rings. The molecule has 1 amide bonds. The van der Waals surface area contributed by atoms with Gasteiger partial charge < -0.3 is 11.1 Å². The monoisotopic (exact) mass is 144 g/mol. The van der Waals surface area contributed by atoms with Gasteiger partial charge in [-0.05, 0) is 26.8 Å². The summed E-state index contributed by atoms with van der Waals surface area (Å²) >= 11 is 0. The van der Waals surface area contributed by atoms with Gasteiger partial charge in [-0.2, -0.15) is 0 Å². The summed E-state index contributed by atoms with van der Waals surface area (Å²) in [6.07, 6.45) is 0.812. The second-order valence-corrected chi connectivity index (χ2v) is 3.10. The molecule has 0 aliphatic carbocycles. The van der Waals surface area contributed by atoms with Crippen molar-refractivity contribution in [3.8, 4) is 0 Å². The van der Waals surface area contributed by atoms with Crippen molar-refractivity contribution in [2.75, 3.05) is 6.54 Å². The standard InChI is InChI=1S/C7H16N2O/c1-6(10)9-7(2,3)4-5-8/h4-5,8H2,1-3H3,(H,9,10). The van der Waals surface area contributed by atoms with E-state index in [0.29, 0.717) is 6.54 Å². The van der Waals surface area contributed by atoms with Gasteiger partial charge in [0.2, 0.25) is 5.91 Å². The second kappa shape index (κ2) is 3.56. The summed E-state index contributed by atoms with van der Waals surface area (Å²) in [6.45, 7) is 6.04. The Balaban J connectivity index is 3.74. The maximum Gasteiger partial charge on any atom is 0.217 e. The first-order valence-electron chi connectivity index (χ1n) is 3.47. The van der Waals surface area contributed by atoms with Gasteiger partial charge in [0.1, 0.15) is 0 Å². The summed E-state index contributed by atoms with van der Waals surface area (Å²) < 4.78 is 0. The molecule has 3 N–H and O–H groups in total. The Bertz CT molecular complexity index is 121. The van der Waals surface area contributed by atoms with E-state index < -0.39 is 0 Å².